The van der Waals surface area contributed by atoms with Gasteiger partial charge in [0.25, 0.3) is 0 Å². The van der Waals surface area contributed by atoms with E-state index in [-0.39, 0.29) is 6.10 Å². The first kappa shape index (κ1) is 10.7. The maximum atomic E-state index is 5.65. The average Bonchev–Trinajstić information content (AvgIpc) is 2.28. The quantitative estimate of drug-likeness (QED) is 0.791. The highest BCUT2D eigenvalue weighted by molar-refractivity contribution is 5.87. The topological polar surface area (TPSA) is 31.4 Å². The molecule has 0 radical (unpaired) electrons. The average molecular weight is 217 g/mol. The molecule has 0 amide bonds. The molecule has 0 unspecified atom stereocenters. The van der Waals surface area contributed by atoms with Gasteiger partial charge in [0.15, 0.2) is 0 Å². The fourth-order valence-corrected chi connectivity index (χ4v) is 1.57. The molecule has 0 bridgehead atoms. The number of fused-ring (bicyclic) bond motifs is 1. The molecule has 2 aromatic rings. The zero-order valence-electron chi connectivity index (χ0n) is 9.73. The van der Waals surface area contributed by atoms with Crippen LogP contribution in [0.3, 0.4) is 0 Å². The first-order chi connectivity index (χ1) is 7.70. The largest absolute Gasteiger partial charge is 0.497 e. The summed E-state index contributed by atoms with van der Waals surface area (Å²) in [5.74, 6) is 1.52. The molecule has 16 heavy (non-hydrogen) atoms. The van der Waals surface area contributed by atoms with Gasteiger partial charge in [-0.3, -0.25) is 0 Å². The van der Waals surface area contributed by atoms with Crippen molar-refractivity contribution in [3.8, 4) is 11.6 Å². The number of ether oxygens (including phenoxy) is 2. The normalized spacial score (nSPS) is 10.8. The van der Waals surface area contributed by atoms with Gasteiger partial charge in [-0.05, 0) is 43.5 Å². The van der Waals surface area contributed by atoms with E-state index in [9.17, 15) is 0 Å². The molecule has 0 aliphatic rings. The van der Waals surface area contributed by atoms with Crippen LogP contribution in [-0.4, -0.2) is 18.2 Å². The standard InChI is InChI=1S/C13H15NO2/c1-9(2)16-13-12-5-4-11(15-3)8-10(12)6-7-14-13/h4-9H,1-3H3. The van der Waals surface area contributed by atoms with Crippen LogP contribution in [0.2, 0.25) is 0 Å². The number of methoxy groups -OCH3 is 1. The highest BCUT2D eigenvalue weighted by atomic mass is 16.5. The predicted octanol–water partition coefficient (Wildman–Crippen LogP) is 3.03. The molecule has 2 rings (SSSR count). The molecule has 1 aromatic heterocycles. The number of benzene rings is 1. The van der Waals surface area contributed by atoms with Crippen LogP contribution in [0.1, 0.15) is 13.8 Å². The highest BCUT2D eigenvalue weighted by Crippen LogP contribution is 2.27. The molecular weight excluding hydrogens is 202 g/mol. The molecule has 0 fully saturated rings. The van der Waals surface area contributed by atoms with Gasteiger partial charge in [0, 0.05) is 11.6 Å². The molecule has 1 aromatic carbocycles. The van der Waals surface area contributed by atoms with E-state index < -0.39 is 0 Å². The maximum Gasteiger partial charge on any atom is 0.221 e. The van der Waals surface area contributed by atoms with E-state index in [1.54, 1.807) is 13.3 Å². The molecular formula is C13H15NO2. The number of pyridine rings is 1. The van der Waals surface area contributed by atoms with Crippen LogP contribution in [-0.2, 0) is 0 Å². The lowest BCUT2D eigenvalue weighted by Crippen LogP contribution is -2.07. The molecule has 0 saturated heterocycles. The second kappa shape index (κ2) is 4.39. The Labute approximate surface area is 95.0 Å². The van der Waals surface area contributed by atoms with Crippen molar-refractivity contribution in [2.24, 2.45) is 0 Å². The van der Waals surface area contributed by atoms with E-state index in [4.69, 9.17) is 9.47 Å². The minimum Gasteiger partial charge on any atom is -0.497 e. The van der Waals surface area contributed by atoms with Gasteiger partial charge >= 0.3 is 0 Å². The van der Waals surface area contributed by atoms with Gasteiger partial charge < -0.3 is 9.47 Å². The molecule has 3 nitrogen and oxygen atoms in total. The zero-order valence-corrected chi connectivity index (χ0v) is 9.73. The number of hydrogen-bond donors (Lipinski definition) is 0. The van der Waals surface area contributed by atoms with Crippen LogP contribution in [0.25, 0.3) is 10.8 Å². The minimum atomic E-state index is 0.125. The molecule has 0 atom stereocenters. The van der Waals surface area contributed by atoms with Gasteiger partial charge in [0.2, 0.25) is 5.88 Å². The fraction of sp³-hybridized carbons (Fsp3) is 0.308. The van der Waals surface area contributed by atoms with Gasteiger partial charge in [0.05, 0.1) is 13.2 Å². The Kier molecular flexibility index (Phi) is 2.95. The number of nitrogens with zero attached hydrogens (tertiary/aromatic N) is 1. The molecule has 3 heteroatoms. The van der Waals surface area contributed by atoms with Crippen molar-refractivity contribution in [2.75, 3.05) is 7.11 Å². The van der Waals surface area contributed by atoms with Crippen molar-refractivity contribution in [1.29, 1.82) is 0 Å². The third kappa shape index (κ3) is 2.08. The second-order valence-corrected chi connectivity index (χ2v) is 3.87. The Morgan fingerprint density at radius 3 is 2.69 bits per heavy atom. The summed E-state index contributed by atoms with van der Waals surface area (Å²) in [4.78, 5) is 4.24. The summed E-state index contributed by atoms with van der Waals surface area (Å²) in [5, 5.41) is 2.09. The molecule has 0 aliphatic heterocycles. The Hall–Kier alpha value is -1.77. The van der Waals surface area contributed by atoms with Crippen molar-refractivity contribution < 1.29 is 9.47 Å². The van der Waals surface area contributed by atoms with E-state index in [0.717, 1.165) is 16.5 Å². The lowest BCUT2D eigenvalue weighted by molar-refractivity contribution is 0.236. The van der Waals surface area contributed by atoms with Gasteiger partial charge in [-0.2, -0.15) is 0 Å². The number of aromatic nitrogens is 1. The molecule has 84 valence electrons. The predicted molar refractivity (Wildman–Crippen MR) is 64.1 cm³/mol. The monoisotopic (exact) mass is 217 g/mol. The van der Waals surface area contributed by atoms with Gasteiger partial charge in [-0.1, -0.05) is 0 Å². The van der Waals surface area contributed by atoms with Crippen LogP contribution in [0.15, 0.2) is 30.5 Å². The summed E-state index contributed by atoms with van der Waals surface area (Å²) < 4.78 is 10.8. The first-order valence-corrected chi connectivity index (χ1v) is 5.30. The lowest BCUT2D eigenvalue weighted by atomic mass is 10.1. The molecule has 0 saturated carbocycles. The van der Waals surface area contributed by atoms with Crippen molar-refractivity contribution in [1.82, 2.24) is 4.98 Å². The SMILES string of the molecule is COc1ccc2c(OC(C)C)nccc2c1. The third-order valence-corrected chi connectivity index (χ3v) is 2.28. The zero-order chi connectivity index (χ0) is 11.5. The Bertz CT molecular complexity index is 494. The van der Waals surface area contributed by atoms with E-state index in [2.05, 4.69) is 4.98 Å². The summed E-state index contributed by atoms with van der Waals surface area (Å²) in [7, 11) is 1.66. The Morgan fingerprint density at radius 1 is 1.19 bits per heavy atom. The lowest BCUT2D eigenvalue weighted by Gasteiger charge is -2.11. The molecule has 0 aliphatic carbocycles. The molecule has 0 spiro atoms. The van der Waals surface area contributed by atoms with Crippen molar-refractivity contribution >= 4 is 10.8 Å². The smallest absolute Gasteiger partial charge is 0.221 e. The summed E-state index contributed by atoms with van der Waals surface area (Å²) in [6.45, 7) is 3.98. The van der Waals surface area contributed by atoms with Crippen LogP contribution >= 0.6 is 0 Å². The van der Waals surface area contributed by atoms with E-state index >= 15 is 0 Å². The Balaban J connectivity index is 2.51. The van der Waals surface area contributed by atoms with Crippen molar-refractivity contribution in [3.05, 3.63) is 30.5 Å². The fourth-order valence-electron chi connectivity index (χ4n) is 1.57. The summed E-state index contributed by atoms with van der Waals surface area (Å²) in [6.07, 6.45) is 1.87. The van der Waals surface area contributed by atoms with Crippen LogP contribution < -0.4 is 9.47 Å². The highest BCUT2D eigenvalue weighted by Gasteiger charge is 2.06. The van der Waals surface area contributed by atoms with E-state index in [0.29, 0.717) is 5.88 Å². The molecule has 0 N–H and O–H groups in total. The number of hydrogen-bond acceptors (Lipinski definition) is 3. The Morgan fingerprint density at radius 2 is 2.00 bits per heavy atom. The third-order valence-electron chi connectivity index (χ3n) is 2.28. The first-order valence-electron chi connectivity index (χ1n) is 5.30. The van der Waals surface area contributed by atoms with Crippen LogP contribution in [0.4, 0.5) is 0 Å². The van der Waals surface area contributed by atoms with Crippen LogP contribution in [0, 0.1) is 0 Å². The second-order valence-electron chi connectivity index (χ2n) is 3.87. The van der Waals surface area contributed by atoms with Crippen LogP contribution in [0.5, 0.6) is 11.6 Å². The molecule has 1 heterocycles. The van der Waals surface area contributed by atoms with Gasteiger partial charge in [-0.25, -0.2) is 4.98 Å². The summed E-state index contributed by atoms with van der Waals surface area (Å²) in [6, 6.07) is 7.81. The maximum absolute atomic E-state index is 5.65. The summed E-state index contributed by atoms with van der Waals surface area (Å²) >= 11 is 0. The summed E-state index contributed by atoms with van der Waals surface area (Å²) in [5.41, 5.74) is 0. The van der Waals surface area contributed by atoms with Gasteiger partial charge in [-0.15, -0.1) is 0 Å². The van der Waals surface area contributed by atoms with Crippen molar-refractivity contribution in [2.45, 2.75) is 20.0 Å². The van der Waals surface area contributed by atoms with Gasteiger partial charge in [0.1, 0.15) is 5.75 Å². The van der Waals surface area contributed by atoms with E-state index in [1.807, 2.05) is 38.1 Å². The minimum absolute atomic E-state index is 0.125. The van der Waals surface area contributed by atoms with Crippen molar-refractivity contribution in [3.63, 3.8) is 0 Å². The van der Waals surface area contributed by atoms with E-state index in [1.165, 1.54) is 0 Å². The number of rotatable bonds is 3.